The van der Waals surface area contributed by atoms with Gasteiger partial charge in [0, 0.05) is 5.56 Å². The van der Waals surface area contributed by atoms with Gasteiger partial charge < -0.3 is 0 Å². The van der Waals surface area contributed by atoms with Crippen molar-refractivity contribution in [3.63, 3.8) is 0 Å². The van der Waals surface area contributed by atoms with E-state index in [1.165, 1.54) is 0 Å². The van der Waals surface area contributed by atoms with E-state index in [9.17, 15) is 18.4 Å². The standard InChI is InChI=1S/C17H12F2N2O2/c1-10-15(16(22)11-7-8-13(18)14(19)9-11)17(23)21(20-10)12-5-3-2-4-6-12/h2-9,15H,1H3/t15-/m0/s1. The predicted octanol–water partition coefficient (Wildman–Crippen LogP) is 3.19. The van der Waals surface area contributed by atoms with Crippen molar-refractivity contribution in [2.24, 2.45) is 11.0 Å². The summed E-state index contributed by atoms with van der Waals surface area (Å²) in [6, 6.07) is 11.5. The van der Waals surface area contributed by atoms with Crippen molar-refractivity contribution in [1.82, 2.24) is 0 Å². The Balaban J connectivity index is 1.92. The van der Waals surface area contributed by atoms with Crippen LogP contribution >= 0.6 is 0 Å². The third-order valence-electron chi connectivity index (χ3n) is 3.60. The number of hydrogen-bond donors (Lipinski definition) is 0. The van der Waals surface area contributed by atoms with E-state index in [0.29, 0.717) is 11.4 Å². The van der Waals surface area contributed by atoms with Crippen LogP contribution in [0.1, 0.15) is 17.3 Å². The first kappa shape index (κ1) is 15.0. The van der Waals surface area contributed by atoms with E-state index in [2.05, 4.69) is 5.10 Å². The van der Waals surface area contributed by atoms with Gasteiger partial charge in [0.05, 0.1) is 11.4 Å². The van der Waals surface area contributed by atoms with E-state index in [1.54, 1.807) is 37.3 Å². The predicted molar refractivity (Wildman–Crippen MR) is 81.2 cm³/mol. The Bertz CT molecular complexity index is 819. The Morgan fingerprint density at radius 1 is 1.09 bits per heavy atom. The number of benzene rings is 2. The van der Waals surface area contributed by atoms with Crippen molar-refractivity contribution >= 4 is 23.1 Å². The van der Waals surface area contributed by atoms with Gasteiger partial charge in [-0.05, 0) is 37.3 Å². The van der Waals surface area contributed by atoms with Gasteiger partial charge in [0.25, 0.3) is 5.91 Å². The fourth-order valence-electron chi connectivity index (χ4n) is 2.44. The lowest BCUT2D eigenvalue weighted by Gasteiger charge is -2.13. The van der Waals surface area contributed by atoms with Gasteiger partial charge in [0.2, 0.25) is 0 Å². The molecule has 116 valence electrons. The molecular weight excluding hydrogens is 302 g/mol. The fourth-order valence-corrected chi connectivity index (χ4v) is 2.44. The summed E-state index contributed by atoms with van der Waals surface area (Å²) in [5.41, 5.74) is 0.790. The molecule has 0 aliphatic carbocycles. The lowest BCUT2D eigenvalue weighted by Crippen LogP contribution is -2.32. The summed E-state index contributed by atoms with van der Waals surface area (Å²) in [5.74, 6) is -4.41. The largest absolute Gasteiger partial charge is 0.293 e. The van der Waals surface area contributed by atoms with Crippen LogP contribution in [-0.4, -0.2) is 17.4 Å². The van der Waals surface area contributed by atoms with Crippen LogP contribution in [0.5, 0.6) is 0 Å². The zero-order valence-corrected chi connectivity index (χ0v) is 12.2. The van der Waals surface area contributed by atoms with E-state index in [1.807, 2.05) is 0 Å². The molecule has 0 N–H and O–H groups in total. The number of anilines is 1. The Morgan fingerprint density at radius 3 is 2.43 bits per heavy atom. The molecule has 0 saturated carbocycles. The molecule has 3 rings (SSSR count). The first-order valence-corrected chi connectivity index (χ1v) is 6.92. The second-order valence-corrected chi connectivity index (χ2v) is 5.15. The van der Waals surface area contributed by atoms with E-state index < -0.39 is 29.2 Å². The lowest BCUT2D eigenvalue weighted by atomic mass is 9.93. The molecule has 4 nitrogen and oxygen atoms in total. The summed E-state index contributed by atoms with van der Waals surface area (Å²) in [5, 5.41) is 5.27. The average Bonchev–Trinajstić information content (AvgIpc) is 2.85. The minimum atomic E-state index is -1.13. The van der Waals surface area contributed by atoms with E-state index >= 15 is 0 Å². The number of hydrogen-bond acceptors (Lipinski definition) is 3. The van der Waals surface area contributed by atoms with Gasteiger partial charge in [-0.2, -0.15) is 10.1 Å². The minimum Gasteiger partial charge on any atom is -0.293 e. The van der Waals surface area contributed by atoms with Crippen LogP contribution < -0.4 is 5.01 Å². The second kappa shape index (κ2) is 5.72. The normalized spacial score (nSPS) is 17.3. The first-order chi connectivity index (χ1) is 11.0. The van der Waals surface area contributed by atoms with Crippen molar-refractivity contribution in [2.45, 2.75) is 6.92 Å². The van der Waals surface area contributed by atoms with Gasteiger partial charge in [-0.3, -0.25) is 9.59 Å². The van der Waals surface area contributed by atoms with Crippen molar-refractivity contribution in [2.75, 3.05) is 5.01 Å². The molecule has 0 bridgehead atoms. The van der Waals surface area contributed by atoms with E-state index in [-0.39, 0.29) is 5.56 Å². The number of rotatable bonds is 3. The van der Waals surface area contributed by atoms with Crippen LogP contribution in [0.2, 0.25) is 0 Å². The minimum absolute atomic E-state index is 0.0632. The van der Waals surface area contributed by atoms with Gasteiger partial charge in [-0.25, -0.2) is 8.78 Å². The number of para-hydroxylation sites is 1. The third-order valence-corrected chi connectivity index (χ3v) is 3.60. The highest BCUT2D eigenvalue weighted by Gasteiger charge is 2.40. The van der Waals surface area contributed by atoms with Crippen molar-refractivity contribution < 1.29 is 18.4 Å². The van der Waals surface area contributed by atoms with E-state index in [0.717, 1.165) is 23.2 Å². The molecule has 1 aliphatic rings. The molecule has 0 fully saturated rings. The molecule has 1 amide bonds. The molecular formula is C17H12F2N2O2. The first-order valence-electron chi connectivity index (χ1n) is 6.92. The van der Waals surface area contributed by atoms with Crippen LogP contribution in [0.25, 0.3) is 0 Å². The number of carbonyl (C=O) groups excluding carboxylic acids is 2. The molecule has 2 aromatic carbocycles. The third kappa shape index (κ3) is 2.63. The van der Waals surface area contributed by atoms with Crippen LogP contribution in [0.3, 0.4) is 0 Å². The number of Topliss-reactive ketones (excluding diaryl/α,β-unsaturated/α-hetero) is 1. The maximum Gasteiger partial charge on any atom is 0.264 e. The maximum absolute atomic E-state index is 13.3. The molecule has 0 radical (unpaired) electrons. The smallest absolute Gasteiger partial charge is 0.264 e. The second-order valence-electron chi connectivity index (χ2n) is 5.15. The zero-order valence-electron chi connectivity index (χ0n) is 12.2. The van der Waals surface area contributed by atoms with Crippen LogP contribution in [0.15, 0.2) is 53.6 Å². The molecule has 2 aromatic rings. The van der Waals surface area contributed by atoms with Crippen molar-refractivity contribution in [3.05, 3.63) is 65.7 Å². The topological polar surface area (TPSA) is 49.7 Å². The molecule has 0 saturated heterocycles. The Hall–Kier alpha value is -2.89. The number of amides is 1. The van der Waals surface area contributed by atoms with Crippen LogP contribution in [0.4, 0.5) is 14.5 Å². The molecule has 1 aliphatic heterocycles. The lowest BCUT2D eigenvalue weighted by molar-refractivity contribution is -0.118. The fraction of sp³-hybridized carbons (Fsp3) is 0.118. The summed E-state index contributed by atoms with van der Waals surface area (Å²) >= 11 is 0. The van der Waals surface area contributed by atoms with Crippen LogP contribution in [-0.2, 0) is 4.79 Å². The van der Waals surface area contributed by atoms with Crippen molar-refractivity contribution in [1.29, 1.82) is 0 Å². The number of carbonyl (C=O) groups is 2. The molecule has 23 heavy (non-hydrogen) atoms. The Labute approximate surface area is 131 Å². The molecule has 1 atom stereocenters. The van der Waals surface area contributed by atoms with Gasteiger partial charge in [0.15, 0.2) is 17.4 Å². The highest BCUT2D eigenvalue weighted by molar-refractivity contribution is 6.30. The zero-order chi connectivity index (χ0) is 16.6. The molecule has 0 aromatic heterocycles. The molecule has 0 spiro atoms. The molecule has 1 heterocycles. The number of nitrogens with zero attached hydrogens (tertiary/aromatic N) is 2. The number of halogens is 2. The van der Waals surface area contributed by atoms with Crippen molar-refractivity contribution in [3.8, 4) is 0 Å². The Morgan fingerprint density at radius 2 is 1.78 bits per heavy atom. The molecule has 0 unspecified atom stereocenters. The van der Waals surface area contributed by atoms with Gasteiger partial charge in [0.1, 0.15) is 5.92 Å². The highest BCUT2D eigenvalue weighted by atomic mass is 19.2. The maximum atomic E-state index is 13.3. The quantitative estimate of drug-likeness (QED) is 0.645. The van der Waals surface area contributed by atoms with E-state index in [4.69, 9.17) is 0 Å². The Kier molecular flexibility index (Phi) is 3.73. The number of hydrazone groups is 1. The molecule has 6 heteroatoms. The highest BCUT2D eigenvalue weighted by Crippen LogP contribution is 2.26. The van der Waals surface area contributed by atoms with Gasteiger partial charge in [-0.1, -0.05) is 18.2 Å². The summed E-state index contributed by atoms with van der Waals surface area (Å²) in [6.07, 6.45) is 0. The van der Waals surface area contributed by atoms with Gasteiger partial charge >= 0.3 is 0 Å². The average molecular weight is 314 g/mol. The summed E-state index contributed by atoms with van der Waals surface area (Å²) in [4.78, 5) is 25.0. The summed E-state index contributed by atoms with van der Waals surface area (Å²) in [7, 11) is 0. The SMILES string of the molecule is CC1=NN(c2ccccc2)C(=O)[C@@H]1C(=O)c1ccc(F)c(F)c1. The van der Waals surface area contributed by atoms with Gasteiger partial charge in [-0.15, -0.1) is 0 Å². The summed E-state index contributed by atoms with van der Waals surface area (Å²) < 4.78 is 26.3. The number of ketones is 1. The summed E-state index contributed by atoms with van der Waals surface area (Å²) in [6.45, 7) is 1.56. The van der Waals surface area contributed by atoms with Crippen LogP contribution in [0, 0.1) is 17.6 Å². The monoisotopic (exact) mass is 314 g/mol.